The van der Waals surface area contributed by atoms with Gasteiger partial charge in [0.05, 0.1) is 5.69 Å². The van der Waals surface area contributed by atoms with Gasteiger partial charge in [0.2, 0.25) is 0 Å². The van der Waals surface area contributed by atoms with Crippen molar-refractivity contribution in [3.05, 3.63) is 46.7 Å². The fourth-order valence-electron chi connectivity index (χ4n) is 2.41. The molecule has 2 aromatic rings. The molecule has 1 aromatic carbocycles. The number of rotatable bonds is 6. The first-order valence-electron chi connectivity index (χ1n) is 7.05. The van der Waals surface area contributed by atoms with Crippen LogP contribution in [0.5, 0.6) is 0 Å². The van der Waals surface area contributed by atoms with Crippen molar-refractivity contribution in [1.82, 2.24) is 20.3 Å². The summed E-state index contributed by atoms with van der Waals surface area (Å²) in [4.78, 5) is 0. The number of hydrogen-bond acceptors (Lipinski definition) is 3. The van der Waals surface area contributed by atoms with E-state index < -0.39 is 0 Å². The molecule has 1 aromatic heterocycles. The molecule has 1 aliphatic rings. The van der Waals surface area contributed by atoms with Gasteiger partial charge in [0.1, 0.15) is 0 Å². The van der Waals surface area contributed by atoms with Gasteiger partial charge < -0.3 is 5.32 Å². The predicted molar refractivity (Wildman–Crippen MR) is 79.9 cm³/mol. The minimum Gasteiger partial charge on any atom is -0.313 e. The molecule has 1 heterocycles. The van der Waals surface area contributed by atoms with Gasteiger partial charge in [-0.2, -0.15) is 0 Å². The second kappa shape index (κ2) is 5.94. The molecule has 106 valence electrons. The lowest BCUT2D eigenvalue weighted by Gasteiger charge is -2.17. The Labute approximate surface area is 124 Å². The summed E-state index contributed by atoms with van der Waals surface area (Å²) in [6.45, 7) is 0.960. The number of halogens is 1. The third kappa shape index (κ3) is 3.58. The Kier molecular flexibility index (Phi) is 4.03. The molecule has 0 saturated heterocycles. The van der Waals surface area contributed by atoms with E-state index in [1.54, 1.807) is 4.68 Å². The molecule has 0 amide bonds. The molecule has 1 fully saturated rings. The molecule has 1 atom stereocenters. The summed E-state index contributed by atoms with van der Waals surface area (Å²) >= 11 is 6.12. The van der Waals surface area contributed by atoms with Crippen LogP contribution in [0.15, 0.2) is 30.5 Å². The molecule has 0 bridgehead atoms. The summed E-state index contributed by atoms with van der Waals surface area (Å²) in [7, 11) is 1.90. The molecule has 0 radical (unpaired) electrons. The average Bonchev–Trinajstić information content (AvgIpc) is 3.17. The van der Waals surface area contributed by atoms with Gasteiger partial charge in [-0.1, -0.05) is 28.9 Å². The minimum absolute atomic E-state index is 0.381. The smallest absolute Gasteiger partial charge is 0.0833 e. The molecule has 1 N–H and O–H groups in total. The topological polar surface area (TPSA) is 42.7 Å². The summed E-state index contributed by atoms with van der Waals surface area (Å²) in [6.07, 6.45) is 5.46. The van der Waals surface area contributed by atoms with Crippen molar-refractivity contribution in [2.45, 2.75) is 31.2 Å². The van der Waals surface area contributed by atoms with Crippen LogP contribution < -0.4 is 5.32 Å². The van der Waals surface area contributed by atoms with Crippen molar-refractivity contribution < 1.29 is 0 Å². The maximum Gasteiger partial charge on any atom is 0.0833 e. The zero-order valence-electron chi connectivity index (χ0n) is 11.6. The van der Waals surface area contributed by atoms with Crippen molar-refractivity contribution in [1.29, 1.82) is 0 Å². The zero-order chi connectivity index (χ0) is 13.9. The maximum absolute atomic E-state index is 6.12. The molecule has 1 saturated carbocycles. The highest BCUT2D eigenvalue weighted by molar-refractivity contribution is 6.30. The largest absolute Gasteiger partial charge is 0.313 e. The molecule has 1 unspecified atom stereocenters. The van der Waals surface area contributed by atoms with Crippen molar-refractivity contribution in [3.8, 4) is 0 Å². The normalized spacial score (nSPS) is 16.3. The van der Waals surface area contributed by atoms with E-state index in [9.17, 15) is 0 Å². The maximum atomic E-state index is 6.12. The van der Waals surface area contributed by atoms with Crippen LogP contribution in [0.25, 0.3) is 0 Å². The Balaban J connectivity index is 1.74. The van der Waals surface area contributed by atoms with Crippen molar-refractivity contribution in [2.24, 2.45) is 7.05 Å². The van der Waals surface area contributed by atoms with Crippen molar-refractivity contribution in [3.63, 3.8) is 0 Å². The fourth-order valence-corrected chi connectivity index (χ4v) is 2.60. The number of hydrogen-bond donors (Lipinski definition) is 1. The van der Waals surface area contributed by atoms with Crippen molar-refractivity contribution >= 4 is 11.6 Å². The van der Waals surface area contributed by atoms with Crippen LogP contribution in [0.2, 0.25) is 5.02 Å². The lowest BCUT2D eigenvalue weighted by Crippen LogP contribution is -2.25. The van der Waals surface area contributed by atoms with Crippen molar-refractivity contribution in [2.75, 3.05) is 6.54 Å². The molecule has 20 heavy (non-hydrogen) atoms. The molecular weight excluding hydrogens is 272 g/mol. The van der Waals surface area contributed by atoms with Gasteiger partial charge in [0.25, 0.3) is 0 Å². The highest BCUT2D eigenvalue weighted by Gasteiger charge is 2.23. The Bertz CT molecular complexity index is 577. The van der Waals surface area contributed by atoms with Crippen LogP contribution in [0, 0.1) is 0 Å². The SMILES string of the molecule is Cn1cc(CC(CNC2CC2)c2cccc(Cl)c2)nn1. The van der Waals surface area contributed by atoms with E-state index in [1.165, 1.54) is 18.4 Å². The highest BCUT2D eigenvalue weighted by atomic mass is 35.5. The Hall–Kier alpha value is -1.39. The fraction of sp³-hybridized carbons (Fsp3) is 0.467. The van der Waals surface area contributed by atoms with E-state index in [2.05, 4.69) is 27.8 Å². The second-order valence-corrected chi connectivity index (χ2v) is 5.96. The number of nitrogens with zero attached hydrogens (tertiary/aromatic N) is 3. The summed E-state index contributed by atoms with van der Waals surface area (Å²) in [5.41, 5.74) is 2.28. The number of aryl methyl sites for hydroxylation is 1. The van der Waals surface area contributed by atoms with Crippen LogP contribution in [0.1, 0.15) is 30.0 Å². The first-order valence-corrected chi connectivity index (χ1v) is 7.42. The predicted octanol–water partition coefficient (Wildman–Crippen LogP) is 2.55. The first-order chi connectivity index (χ1) is 9.70. The molecule has 4 nitrogen and oxygen atoms in total. The third-order valence-electron chi connectivity index (χ3n) is 3.66. The van der Waals surface area contributed by atoms with Gasteiger partial charge in [-0.3, -0.25) is 4.68 Å². The van der Waals surface area contributed by atoms with Gasteiger partial charge in [0, 0.05) is 43.2 Å². The quantitative estimate of drug-likeness (QED) is 0.889. The standard InChI is InChI=1S/C15H19ClN4/c1-20-10-15(18-19-20)8-12(9-17-14-5-6-14)11-3-2-4-13(16)7-11/h2-4,7,10,12,14,17H,5-6,8-9H2,1H3. The lowest BCUT2D eigenvalue weighted by molar-refractivity contribution is 0.572. The summed E-state index contributed by atoms with van der Waals surface area (Å²) < 4.78 is 1.75. The summed E-state index contributed by atoms with van der Waals surface area (Å²) in [5.74, 6) is 0.381. The lowest BCUT2D eigenvalue weighted by atomic mass is 9.94. The Morgan fingerprint density at radius 3 is 2.95 bits per heavy atom. The third-order valence-corrected chi connectivity index (χ3v) is 3.89. The van der Waals surface area contributed by atoms with Gasteiger partial charge in [-0.25, -0.2) is 0 Å². The number of benzene rings is 1. The van der Waals surface area contributed by atoms with Gasteiger partial charge in [-0.15, -0.1) is 5.10 Å². The van der Waals surface area contributed by atoms with Crippen LogP contribution in [-0.2, 0) is 13.5 Å². The van der Waals surface area contributed by atoms with Crippen LogP contribution >= 0.6 is 11.6 Å². The van der Waals surface area contributed by atoms with E-state index in [0.29, 0.717) is 12.0 Å². The zero-order valence-corrected chi connectivity index (χ0v) is 12.3. The molecular formula is C15H19ClN4. The summed E-state index contributed by atoms with van der Waals surface area (Å²) in [6, 6.07) is 8.83. The van der Waals surface area contributed by atoms with Gasteiger partial charge in [0.15, 0.2) is 0 Å². The number of aromatic nitrogens is 3. The van der Waals surface area contributed by atoms with Gasteiger partial charge >= 0.3 is 0 Å². The highest BCUT2D eigenvalue weighted by Crippen LogP contribution is 2.25. The van der Waals surface area contributed by atoms with E-state index in [1.807, 2.05) is 25.4 Å². The first kappa shape index (κ1) is 13.6. The monoisotopic (exact) mass is 290 g/mol. The van der Waals surface area contributed by atoms with Crippen LogP contribution in [-0.4, -0.2) is 27.6 Å². The second-order valence-electron chi connectivity index (χ2n) is 5.52. The molecule has 5 heteroatoms. The van der Waals surface area contributed by atoms with Crippen LogP contribution in [0.4, 0.5) is 0 Å². The van der Waals surface area contributed by atoms with Gasteiger partial charge in [-0.05, 0) is 30.5 Å². The minimum atomic E-state index is 0.381. The van der Waals surface area contributed by atoms with E-state index in [-0.39, 0.29) is 0 Å². The molecule has 0 aliphatic heterocycles. The molecule has 3 rings (SSSR count). The van der Waals surface area contributed by atoms with E-state index in [0.717, 1.165) is 23.7 Å². The Morgan fingerprint density at radius 2 is 2.30 bits per heavy atom. The van der Waals surface area contributed by atoms with E-state index >= 15 is 0 Å². The van der Waals surface area contributed by atoms with E-state index in [4.69, 9.17) is 11.6 Å². The molecule has 0 spiro atoms. The van der Waals surface area contributed by atoms with Crippen LogP contribution in [0.3, 0.4) is 0 Å². The average molecular weight is 291 g/mol. The Morgan fingerprint density at radius 1 is 1.45 bits per heavy atom. The number of nitrogens with one attached hydrogen (secondary N) is 1. The molecule has 1 aliphatic carbocycles. The summed E-state index contributed by atoms with van der Waals surface area (Å²) in [5, 5.41) is 12.6.